The van der Waals surface area contributed by atoms with Crippen molar-refractivity contribution in [3.8, 4) is 11.1 Å². The fourth-order valence-corrected chi connectivity index (χ4v) is 4.66. The van der Waals surface area contributed by atoms with Crippen LogP contribution >= 0.6 is 0 Å². The lowest BCUT2D eigenvalue weighted by Gasteiger charge is -2.47. The van der Waals surface area contributed by atoms with Crippen LogP contribution in [-0.2, 0) is 5.41 Å². The maximum Gasteiger partial charge on any atom is 0.0414 e. The summed E-state index contributed by atoms with van der Waals surface area (Å²) in [7, 11) is 0. The Morgan fingerprint density at radius 1 is 0.818 bits per heavy atom. The van der Waals surface area contributed by atoms with E-state index in [2.05, 4.69) is 30.3 Å². The molecule has 0 unspecified atom stereocenters. The van der Waals surface area contributed by atoms with Crippen molar-refractivity contribution in [1.82, 2.24) is 0 Å². The summed E-state index contributed by atoms with van der Waals surface area (Å²) in [5, 5.41) is 0. The van der Waals surface area contributed by atoms with E-state index >= 15 is 0 Å². The number of nitrogen functional groups attached to an aromatic ring is 2. The van der Waals surface area contributed by atoms with Crippen LogP contribution in [0.4, 0.5) is 11.4 Å². The molecular weight excluding hydrogens is 268 g/mol. The predicted octanol–water partition coefficient (Wildman–Crippen LogP) is 4.74. The summed E-state index contributed by atoms with van der Waals surface area (Å²) in [6.07, 6.45) is 8.19. The summed E-state index contributed by atoms with van der Waals surface area (Å²) in [5.74, 6) is 0.982. The van der Waals surface area contributed by atoms with E-state index in [1.807, 2.05) is 12.1 Å². The van der Waals surface area contributed by atoms with E-state index in [0.29, 0.717) is 5.41 Å². The molecule has 22 heavy (non-hydrogen) atoms. The molecule has 0 amide bonds. The molecule has 2 bridgehead atoms. The number of fused-ring (bicyclic) bond motifs is 3. The predicted molar refractivity (Wildman–Crippen MR) is 93.6 cm³/mol. The van der Waals surface area contributed by atoms with Gasteiger partial charge in [-0.1, -0.05) is 30.3 Å². The van der Waals surface area contributed by atoms with Gasteiger partial charge in [-0.3, -0.25) is 0 Å². The number of anilines is 2. The first-order valence-corrected chi connectivity index (χ1v) is 8.43. The average Bonchev–Trinajstić information content (AvgIpc) is 2.57. The third kappa shape index (κ3) is 2.09. The second-order valence-electron chi connectivity index (χ2n) is 7.15. The smallest absolute Gasteiger partial charge is 0.0414 e. The van der Waals surface area contributed by atoms with Crippen LogP contribution in [0.2, 0.25) is 0 Å². The molecule has 0 saturated heterocycles. The molecule has 0 heterocycles. The summed E-state index contributed by atoms with van der Waals surface area (Å²) in [4.78, 5) is 0. The van der Waals surface area contributed by atoms with Crippen molar-refractivity contribution in [3.63, 3.8) is 0 Å². The summed E-state index contributed by atoms with van der Waals surface area (Å²) in [6.45, 7) is 0. The number of benzene rings is 2. The minimum Gasteiger partial charge on any atom is -0.399 e. The highest BCUT2D eigenvalue weighted by Gasteiger charge is 2.42. The summed E-state index contributed by atoms with van der Waals surface area (Å²) in [6, 6.07) is 14.8. The SMILES string of the molecule is Nc1ccc(-c2ccccc2C23CCC(CC2)CC3)c(N)c1. The van der Waals surface area contributed by atoms with E-state index in [1.54, 1.807) is 0 Å². The summed E-state index contributed by atoms with van der Waals surface area (Å²) >= 11 is 0. The Labute approximate surface area is 132 Å². The van der Waals surface area contributed by atoms with Crippen LogP contribution in [0.25, 0.3) is 11.1 Å². The van der Waals surface area contributed by atoms with Gasteiger partial charge in [-0.15, -0.1) is 0 Å². The minimum absolute atomic E-state index is 0.374. The Bertz CT molecular complexity index is 683. The van der Waals surface area contributed by atoms with Crippen molar-refractivity contribution in [2.75, 3.05) is 11.5 Å². The molecule has 3 fully saturated rings. The number of hydrogen-bond donors (Lipinski definition) is 2. The number of rotatable bonds is 2. The highest BCUT2D eigenvalue weighted by atomic mass is 14.6. The standard InChI is InChI=1S/C20H24N2/c21-15-5-6-17(19(22)13-15)16-3-1-2-4-18(16)20-10-7-14(8-11-20)9-12-20/h1-6,13-14H,7-12,21-22H2. The normalized spacial score (nSPS) is 27.0. The van der Waals surface area contributed by atoms with E-state index in [1.165, 1.54) is 49.7 Å². The third-order valence-corrected chi connectivity index (χ3v) is 5.96. The van der Waals surface area contributed by atoms with Crippen LogP contribution in [-0.4, -0.2) is 0 Å². The van der Waals surface area contributed by atoms with Crippen LogP contribution in [0.5, 0.6) is 0 Å². The molecule has 0 aromatic heterocycles. The Balaban J connectivity index is 1.84. The molecule has 0 atom stereocenters. The van der Waals surface area contributed by atoms with Gasteiger partial charge >= 0.3 is 0 Å². The molecule has 3 saturated carbocycles. The van der Waals surface area contributed by atoms with Crippen molar-refractivity contribution in [3.05, 3.63) is 48.0 Å². The lowest BCUT2D eigenvalue weighted by Crippen LogP contribution is -2.38. The molecule has 2 heteroatoms. The van der Waals surface area contributed by atoms with E-state index < -0.39 is 0 Å². The molecule has 114 valence electrons. The topological polar surface area (TPSA) is 52.0 Å². The Morgan fingerprint density at radius 3 is 2.18 bits per heavy atom. The molecule has 4 N–H and O–H groups in total. The lowest BCUT2D eigenvalue weighted by molar-refractivity contribution is 0.136. The molecule has 0 spiro atoms. The molecule has 0 aliphatic heterocycles. The molecule has 2 nitrogen and oxygen atoms in total. The van der Waals surface area contributed by atoms with Crippen molar-refractivity contribution >= 4 is 11.4 Å². The molecule has 2 aromatic rings. The summed E-state index contributed by atoms with van der Waals surface area (Å²) in [5.41, 5.74) is 18.0. The molecule has 3 aliphatic carbocycles. The first-order chi connectivity index (χ1) is 10.7. The Morgan fingerprint density at radius 2 is 1.50 bits per heavy atom. The second-order valence-corrected chi connectivity index (χ2v) is 7.15. The van der Waals surface area contributed by atoms with E-state index in [9.17, 15) is 0 Å². The number of hydrogen-bond acceptors (Lipinski definition) is 2. The monoisotopic (exact) mass is 292 g/mol. The molecule has 2 aromatic carbocycles. The van der Waals surface area contributed by atoms with E-state index in [0.717, 1.165) is 22.9 Å². The summed E-state index contributed by atoms with van der Waals surface area (Å²) < 4.78 is 0. The van der Waals surface area contributed by atoms with Crippen LogP contribution in [0.15, 0.2) is 42.5 Å². The quantitative estimate of drug-likeness (QED) is 0.785. The number of nitrogens with two attached hydrogens (primary N) is 2. The van der Waals surface area contributed by atoms with Crippen molar-refractivity contribution in [1.29, 1.82) is 0 Å². The van der Waals surface area contributed by atoms with Gasteiger partial charge < -0.3 is 11.5 Å². The van der Waals surface area contributed by atoms with Crippen LogP contribution in [0.3, 0.4) is 0 Å². The third-order valence-electron chi connectivity index (χ3n) is 5.96. The van der Waals surface area contributed by atoms with Gasteiger partial charge in [0.1, 0.15) is 0 Å². The van der Waals surface area contributed by atoms with Gasteiger partial charge in [0, 0.05) is 16.9 Å². The largest absolute Gasteiger partial charge is 0.399 e. The van der Waals surface area contributed by atoms with Gasteiger partial charge in [-0.25, -0.2) is 0 Å². The van der Waals surface area contributed by atoms with Gasteiger partial charge in [0.2, 0.25) is 0 Å². The van der Waals surface area contributed by atoms with E-state index in [-0.39, 0.29) is 0 Å². The first kappa shape index (κ1) is 13.7. The van der Waals surface area contributed by atoms with Crippen molar-refractivity contribution < 1.29 is 0 Å². The maximum absolute atomic E-state index is 6.27. The molecule has 0 radical (unpaired) electrons. The highest BCUT2D eigenvalue weighted by Crippen LogP contribution is 2.53. The van der Waals surface area contributed by atoms with E-state index in [4.69, 9.17) is 11.5 Å². The zero-order valence-electron chi connectivity index (χ0n) is 13.0. The van der Waals surface area contributed by atoms with Crippen LogP contribution < -0.4 is 11.5 Å². The zero-order valence-corrected chi connectivity index (χ0v) is 13.0. The second kappa shape index (κ2) is 5.05. The average molecular weight is 292 g/mol. The Hall–Kier alpha value is -1.96. The highest BCUT2D eigenvalue weighted by molar-refractivity contribution is 5.81. The van der Waals surface area contributed by atoms with Crippen molar-refractivity contribution in [2.45, 2.75) is 43.9 Å². The first-order valence-electron chi connectivity index (χ1n) is 8.43. The molecule has 3 aliphatic rings. The van der Waals surface area contributed by atoms with Crippen molar-refractivity contribution in [2.24, 2.45) is 5.92 Å². The zero-order chi connectivity index (χ0) is 15.2. The van der Waals surface area contributed by atoms with Gasteiger partial charge in [-0.2, -0.15) is 0 Å². The van der Waals surface area contributed by atoms with Gasteiger partial charge in [0.25, 0.3) is 0 Å². The Kier molecular flexibility index (Phi) is 3.14. The molecule has 5 rings (SSSR count). The maximum atomic E-state index is 6.27. The van der Waals surface area contributed by atoms with Crippen LogP contribution in [0, 0.1) is 5.92 Å². The van der Waals surface area contributed by atoms with Gasteiger partial charge in [0.05, 0.1) is 0 Å². The molecular formula is C20H24N2. The van der Waals surface area contributed by atoms with Gasteiger partial charge in [0.15, 0.2) is 0 Å². The lowest BCUT2D eigenvalue weighted by atomic mass is 9.57. The van der Waals surface area contributed by atoms with Crippen LogP contribution in [0.1, 0.15) is 44.1 Å². The fraction of sp³-hybridized carbons (Fsp3) is 0.400. The fourth-order valence-electron chi connectivity index (χ4n) is 4.66. The minimum atomic E-state index is 0.374. The van der Waals surface area contributed by atoms with Gasteiger partial charge in [-0.05, 0) is 73.1 Å².